The number of nitrogens with two attached hydrogens (primary N) is 1. The number of ether oxygens (including phenoxy) is 2. The first kappa shape index (κ1) is 12.5. The van der Waals surface area contributed by atoms with Crippen LogP contribution in [-0.4, -0.2) is 25.8 Å². The van der Waals surface area contributed by atoms with Gasteiger partial charge in [0.25, 0.3) is 0 Å². The maximum absolute atomic E-state index is 6.21. The zero-order valence-electron chi connectivity index (χ0n) is 11.7. The van der Waals surface area contributed by atoms with E-state index in [0.29, 0.717) is 25.2 Å². The first-order valence-corrected chi connectivity index (χ1v) is 7.12. The van der Waals surface area contributed by atoms with Crippen molar-refractivity contribution in [3.05, 3.63) is 12.1 Å². The summed E-state index contributed by atoms with van der Waals surface area (Å²) in [5, 5.41) is 0. The summed E-state index contributed by atoms with van der Waals surface area (Å²) in [6.45, 7) is 6.84. The Morgan fingerprint density at radius 1 is 1.21 bits per heavy atom. The number of nitrogen functional groups attached to an aromatic ring is 1. The lowest BCUT2D eigenvalue weighted by atomic mass is 10.0. The van der Waals surface area contributed by atoms with Crippen LogP contribution in [-0.2, 0) is 0 Å². The minimum Gasteiger partial charge on any atom is -0.486 e. The molecule has 3 rings (SSSR count). The Morgan fingerprint density at radius 2 is 1.89 bits per heavy atom. The summed E-state index contributed by atoms with van der Waals surface area (Å²) in [4.78, 5) is 2.43. The normalized spacial score (nSPS) is 22.1. The SMILES string of the molecule is CC(C)C1CCCN1c1cc2c(cc1N)OCCO2. The van der Waals surface area contributed by atoms with E-state index in [2.05, 4.69) is 18.7 Å². The van der Waals surface area contributed by atoms with Crippen LogP contribution in [0, 0.1) is 5.92 Å². The van der Waals surface area contributed by atoms with Crippen LogP contribution < -0.4 is 20.1 Å². The Kier molecular flexibility index (Phi) is 3.17. The third-order valence-corrected chi connectivity index (χ3v) is 4.07. The van der Waals surface area contributed by atoms with Crippen LogP contribution in [0.15, 0.2) is 12.1 Å². The highest BCUT2D eigenvalue weighted by atomic mass is 16.6. The fourth-order valence-corrected chi connectivity index (χ4v) is 3.13. The van der Waals surface area contributed by atoms with Crippen molar-refractivity contribution in [2.24, 2.45) is 5.92 Å². The van der Waals surface area contributed by atoms with Gasteiger partial charge >= 0.3 is 0 Å². The number of fused-ring (bicyclic) bond motifs is 1. The molecule has 0 saturated carbocycles. The van der Waals surface area contributed by atoms with Crippen molar-refractivity contribution in [2.45, 2.75) is 32.7 Å². The van der Waals surface area contributed by atoms with Crippen LogP contribution in [0.3, 0.4) is 0 Å². The van der Waals surface area contributed by atoms with Crippen LogP contribution in [0.2, 0.25) is 0 Å². The summed E-state index contributed by atoms with van der Waals surface area (Å²) in [5.74, 6) is 2.23. The molecule has 1 fully saturated rings. The largest absolute Gasteiger partial charge is 0.486 e. The lowest BCUT2D eigenvalue weighted by molar-refractivity contribution is 0.172. The zero-order chi connectivity index (χ0) is 13.4. The maximum Gasteiger partial charge on any atom is 0.163 e. The molecule has 1 unspecified atom stereocenters. The molecule has 4 heteroatoms. The predicted octanol–water partition coefficient (Wildman–Crippen LogP) is 2.66. The first-order chi connectivity index (χ1) is 9.16. The van der Waals surface area contributed by atoms with Crippen molar-refractivity contribution >= 4 is 11.4 Å². The van der Waals surface area contributed by atoms with Crippen molar-refractivity contribution in [2.75, 3.05) is 30.4 Å². The van der Waals surface area contributed by atoms with E-state index in [1.807, 2.05) is 12.1 Å². The van der Waals surface area contributed by atoms with Gasteiger partial charge in [-0.05, 0) is 18.8 Å². The van der Waals surface area contributed by atoms with Gasteiger partial charge < -0.3 is 20.1 Å². The number of rotatable bonds is 2. The smallest absolute Gasteiger partial charge is 0.163 e. The van der Waals surface area contributed by atoms with E-state index in [0.717, 1.165) is 29.4 Å². The van der Waals surface area contributed by atoms with Crippen molar-refractivity contribution < 1.29 is 9.47 Å². The summed E-state index contributed by atoms with van der Waals surface area (Å²) in [7, 11) is 0. The molecule has 2 N–H and O–H groups in total. The summed E-state index contributed by atoms with van der Waals surface area (Å²) in [6, 6.07) is 4.52. The molecule has 0 aliphatic carbocycles. The molecule has 0 spiro atoms. The van der Waals surface area contributed by atoms with Crippen LogP contribution in [0.1, 0.15) is 26.7 Å². The summed E-state index contributed by atoms with van der Waals surface area (Å²) in [6.07, 6.45) is 2.47. The number of hydrogen-bond donors (Lipinski definition) is 1. The Bertz CT molecular complexity index is 473. The van der Waals surface area contributed by atoms with E-state index in [1.165, 1.54) is 12.8 Å². The van der Waals surface area contributed by atoms with Crippen LogP contribution in [0.25, 0.3) is 0 Å². The van der Waals surface area contributed by atoms with Gasteiger partial charge in [0.15, 0.2) is 11.5 Å². The van der Waals surface area contributed by atoms with Gasteiger partial charge in [-0.25, -0.2) is 0 Å². The number of nitrogens with zero attached hydrogens (tertiary/aromatic N) is 1. The Balaban J connectivity index is 1.96. The van der Waals surface area contributed by atoms with Crippen molar-refractivity contribution in [1.82, 2.24) is 0 Å². The molecule has 0 amide bonds. The van der Waals surface area contributed by atoms with Gasteiger partial charge in [0.05, 0.1) is 11.4 Å². The average molecular weight is 262 g/mol. The fraction of sp³-hybridized carbons (Fsp3) is 0.600. The van der Waals surface area contributed by atoms with Crippen molar-refractivity contribution in [3.63, 3.8) is 0 Å². The molecule has 1 aromatic rings. The van der Waals surface area contributed by atoms with E-state index in [-0.39, 0.29) is 0 Å². The summed E-state index contributed by atoms with van der Waals surface area (Å²) in [5.41, 5.74) is 8.10. The third-order valence-electron chi connectivity index (χ3n) is 4.07. The highest BCUT2D eigenvalue weighted by Crippen LogP contribution is 2.41. The molecule has 104 valence electrons. The van der Waals surface area contributed by atoms with Crippen molar-refractivity contribution in [3.8, 4) is 11.5 Å². The van der Waals surface area contributed by atoms with Gasteiger partial charge in [-0.1, -0.05) is 13.8 Å². The average Bonchev–Trinajstić information content (AvgIpc) is 2.87. The Labute approximate surface area is 114 Å². The van der Waals surface area contributed by atoms with Crippen LogP contribution >= 0.6 is 0 Å². The lowest BCUT2D eigenvalue weighted by Gasteiger charge is -2.32. The molecule has 0 radical (unpaired) electrons. The van der Waals surface area contributed by atoms with Crippen LogP contribution in [0.4, 0.5) is 11.4 Å². The van der Waals surface area contributed by atoms with Gasteiger partial charge in [0, 0.05) is 24.7 Å². The molecule has 1 atom stereocenters. The molecule has 0 aromatic heterocycles. The molecular formula is C15H22N2O2. The molecule has 2 aliphatic heterocycles. The maximum atomic E-state index is 6.21. The predicted molar refractivity (Wildman–Crippen MR) is 77.1 cm³/mol. The second-order valence-corrected chi connectivity index (χ2v) is 5.70. The zero-order valence-corrected chi connectivity index (χ0v) is 11.7. The molecule has 1 saturated heterocycles. The van der Waals surface area contributed by atoms with Crippen molar-refractivity contribution in [1.29, 1.82) is 0 Å². The lowest BCUT2D eigenvalue weighted by Crippen LogP contribution is -2.34. The fourth-order valence-electron chi connectivity index (χ4n) is 3.13. The topological polar surface area (TPSA) is 47.7 Å². The molecule has 1 aromatic carbocycles. The van der Waals surface area contributed by atoms with E-state index < -0.39 is 0 Å². The highest BCUT2D eigenvalue weighted by molar-refractivity contribution is 5.74. The minimum atomic E-state index is 0.574. The summed E-state index contributed by atoms with van der Waals surface area (Å²) >= 11 is 0. The standard InChI is InChI=1S/C15H22N2O2/c1-10(2)12-4-3-5-17(12)13-9-15-14(8-11(13)16)18-6-7-19-15/h8-10,12H,3-7,16H2,1-2H3. The van der Waals surface area contributed by atoms with E-state index in [1.54, 1.807) is 0 Å². The van der Waals surface area contributed by atoms with Gasteiger partial charge in [-0.2, -0.15) is 0 Å². The first-order valence-electron chi connectivity index (χ1n) is 7.12. The molecule has 4 nitrogen and oxygen atoms in total. The second kappa shape index (κ2) is 4.83. The Morgan fingerprint density at radius 3 is 2.58 bits per heavy atom. The van der Waals surface area contributed by atoms with Gasteiger partial charge in [-0.3, -0.25) is 0 Å². The molecule has 0 bridgehead atoms. The van der Waals surface area contributed by atoms with Gasteiger partial charge in [0.2, 0.25) is 0 Å². The van der Waals surface area contributed by atoms with E-state index in [9.17, 15) is 0 Å². The van der Waals surface area contributed by atoms with E-state index in [4.69, 9.17) is 15.2 Å². The second-order valence-electron chi connectivity index (χ2n) is 5.70. The third kappa shape index (κ3) is 2.20. The minimum absolute atomic E-state index is 0.574. The molecular weight excluding hydrogens is 240 g/mol. The summed E-state index contributed by atoms with van der Waals surface area (Å²) < 4.78 is 11.2. The quantitative estimate of drug-likeness (QED) is 0.832. The molecule has 19 heavy (non-hydrogen) atoms. The number of benzene rings is 1. The Hall–Kier alpha value is -1.58. The number of hydrogen-bond acceptors (Lipinski definition) is 4. The monoisotopic (exact) mass is 262 g/mol. The van der Waals surface area contributed by atoms with Crippen LogP contribution in [0.5, 0.6) is 11.5 Å². The van der Waals surface area contributed by atoms with Gasteiger partial charge in [0.1, 0.15) is 13.2 Å². The molecule has 2 aliphatic rings. The number of anilines is 2. The highest BCUT2D eigenvalue weighted by Gasteiger charge is 2.29. The molecule has 2 heterocycles. The van der Waals surface area contributed by atoms with Gasteiger partial charge in [-0.15, -0.1) is 0 Å². The van der Waals surface area contributed by atoms with E-state index >= 15 is 0 Å².